The fraction of sp³-hybridized carbons (Fsp3) is 0.500. The second-order valence-electron chi connectivity index (χ2n) is 4.15. The molecule has 0 saturated carbocycles. The van der Waals surface area contributed by atoms with Crippen LogP contribution in [0.4, 0.5) is 0 Å². The maximum Gasteiger partial charge on any atom is 0.331 e. The Labute approximate surface area is 109 Å². The summed E-state index contributed by atoms with van der Waals surface area (Å²) in [5.41, 5.74) is -1.59. The molecule has 1 heterocycles. The van der Waals surface area contributed by atoms with Gasteiger partial charge in [0.15, 0.2) is 0 Å². The molecule has 0 fully saturated rings. The Balaban J connectivity index is 3.27. The van der Waals surface area contributed by atoms with Crippen LogP contribution >= 0.6 is 0 Å². The van der Waals surface area contributed by atoms with E-state index in [0.29, 0.717) is 11.1 Å². The molecule has 1 aromatic rings. The van der Waals surface area contributed by atoms with Gasteiger partial charge in [-0.2, -0.15) is 5.26 Å². The smallest absolute Gasteiger partial charge is 0.331 e. The van der Waals surface area contributed by atoms with E-state index in [0.717, 1.165) is 0 Å². The van der Waals surface area contributed by atoms with Crippen molar-refractivity contribution in [1.29, 1.82) is 5.26 Å². The van der Waals surface area contributed by atoms with Crippen LogP contribution in [-0.4, -0.2) is 21.2 Å². The predicted molar refractivity (Wildman–Crippen MR) is 66.6 cm³/mol. The van der Waals surface area contributed by atoms with Crippen LogP contribution < -0.4 is 11.2 Å². The van der Waals surface area contributed by atoms with E-state index < -0.39 is 23.8 Å². The van der Waals surface area contributed by atoms with Crippen LogP contribution in [0, 0.1) is 11.3 Å². The Morgan fingerprint density at radius 1 is 1.47 bits per heavy atom. The van der Waals surface area contributed by atoms with Gasteiger partial charge in [0, 0.05) is 12.7 Å². The number of nitrogens with zero attached hydrogens (tertiary/aromatic N) is 3. The first kappa shape index (κ1) is 14.7. The Kier molecular flexibility index (Phi) is 4.64. The summed E-state index contributed by atoms with van der Waals surface area (Å²) in [6.45, 7) is 4.83. The number of aryl methyl sites for hydroxylation is 1. The Morgan fingerprint density at radius 3 is 2.58 bits per heavy atom. The van der Waals surface area contributed by atoms with Crippen LogP contribution in [0.1, 0.15) is 26.3 Å². The van der Waals surface area contributed by atoms with Crippen LogP contribution in [0.5, 0.6) is 0 Å². The zero-order valence-corrected chi connectivity index (χ0v) is 11.0. The molecule has 0 bridgehead atoms. The summed E-state index contributed by atoms with van der Waals surface area (Å²) in [6, 6.07) is 1.71. The maximum atomic E-state index is 11.9. The second-order valence-corrected chi connectivity index (χ2v) is 4.15. The van der Waals surface area contributed by atoms with Crippen molar-refractivity contribution in [3.8, 4) is 6.07 Å². The van der Waals surface area contributed by atoms with Crippen molar-refractivity contribution in [3.63, 3.8) is 0 Å². The quantitative estimate of drug-likeness (QED) is 0.706. The second kappa shape index (κ2) is 6.00. The monoisotopic (exact) mass is 265 g/mol. The molecular formula is C12H15N3O4. The number of hydrogen-bond acceptors (Lipinski definition) is 5. The number of carbonyl (C=O) groups excluding carboxylic acids is 1. The largest absolute Gasteiger partial charge is 0.462 e. The lowest BCUT2D eigenvalue weighted by molar-refractivity contribution is -0.148. The average molecular weight is 265 g/mol. The first-order valence-electron chi connectivity index (χ1n) is 5.84. The molecule has 0 unspecified atom stereocenters. The summed E-state index contributed by atoms with van der Waals surface area (Å²) < 4.78 is 6.79. The molecule has 0 aromatic carbocycles. The molecule has 0 spiro atoms. The molecule has 0 aliphatic rings. The molecule has 1 aromatic heterocycles. The molecule has 0 radical (unpaired) electrons. The van der Waals surface area contributed by atoms with Crippen LogP contribution in [0.25, 0.3) is 0 Å². The molecule has 0 saturated heterocycles. The SMILES string of the molecule is CCn1cc(C#N)c(=O)n(CC(=O)OC(C)C)c1=O. The van der Waals surface area contributed by atoms with Crippen molar-refractivity contribution < 1.29 is 9.53 Å². The summed E-state index contributed by atoms with van der Waals surface area (Å²) in [7, 11) is 0. The van der Waals surface area contributed by atoms with Gasteiger partial charge in [0.2, 0.25) is 0 Å². The van der Waals surface area contributed by atoms with E-state index >= 15 is 0 Å². The van der Waals surface area contributed by atoms with Crippen LogP contribution in [0.3, 0.4) is 0 Å². The van der Waals surface area contributed by atoms with Gasteiger partial charge in [0.1, 0.15) is 18.2 Å². The molecule has 7 heteroatoms. The molecular weight excluding hydrogens is 250 g/mol. The average Bonchev–Trinajstić information content (AvgIpc) is 2.34. The van der Waals surface area contributed by atoms with E-state index in [1.165, 1.54) is 10.8 Å². The van der Waals surface area contributed by atoms with Gasteiger partial charge in [-0.15, -0.1) is 0 Å². The van der Waals surface area contributed by atoms with Gasteiger partial charge >= 0.3 is 11.7 Å². The number of esters is 1. The third-order valence-corrected chi connectivity index (χ3v) is 2.35. The Bertz CT molecular complexity index is 634. The highest BCUT2D eigenvalue weighted by Gasteiger charge is 2.15. The van der Waals surface area contributed by atoms with E-state index in [1.54, 1.807) is 26.8 Å². The van der Waals surface area contributed by atoms with Crippen molar-refractivity contribution >= 4 is 5.97 Å². The van der Waals surface area contributed by atoms with Gasteiger partial charge in [0.05, 0.1) is 6.10 Å². The van der Waals surface area contributed by atoms with Gasteiger partial charge in [-0.05, 0) is 20.8 Å². The molecule has 0 N–H and O–H groups in total. The van der Waals surface area contributed by atoms with Crippen LogP contribution in [0.15, 0.2) is 15.8 Å². The molecule has 102 valence electrons. The molecule has 1 rings (SSSR count). The highest BCUT2D eigenvalue weighted by atomic mass is 16.5. The van der Waals surface area contributed by atoms with Crippen LogP contribution in [-0.2, 0) is 22.6 Å². The third-order valence-electron chi connectivity index (χ3n) is 2.35. The van der Waals surface area contributed by atoms with Crippen molar-refractivity contribution in [2.75, 3.05) is 0 Å². The lowest BCUT2D eigenvalue weighted by atomic mass is 10.3. The Morgan fingerprint density at radius 2 is 2.11 bits per heavy atom. The normalized spacial score (nSPS) is 10.3. The van der Waals surface area contributed by atoms with Crippen LogP contribution in [0.2, 0.25) is 0 Å². The predicted octanol–water partition coefficient (Wildman–Crippen LogP) is -0.147. The zero-order chi connectivity index (χ0) is 14.6. The lowest BCUT2D eigenvalue weighted by Gasteiger charge is -2.11. The number of nitriles is 1. The van der Waals surface area contributed by atoms with Gasteiger partial charge in [-0.3, -0.25) is 14.2 Å². The van der Waals surface area contributed by atoms with E-state index in [2.05, 4.69) is 0 Å². The number of ether oxygens (including phenoxy) is 1. The van der Waals surface area contributed by atoms with E-state index in [4.69, 9.17) is 10.00 Å². The molecule has 0 aliphatic heterocycles. The lowest BCUT2D eigenvalue weighted by Crippen LogP contribution is -2.42. The van der Waals surface area contributed by atoms with Gasteiger partial charge in [-0.25, -0.2) is 9.36 Å². The molecule has 7 nitrogen and oxygen atoms in total. The number of carbonyl (C=O) groups is 1. The summed E-state index contributed by atoms with van der Waals surface area (Å²) >= 11 is 0. The molecule has 19 heavy (non-hydrogen) atoms. The minimum absolute atomic E-state index is 0.182. The Hall–Kier alpha value is -2.36. The van der Waals surface area contributed by atoms with Gasteiger partial charge in [0.25, 0.3) is 5.56 Å². The minimum atomic E-state index is -0.780. The summed E-state index contributed by atoms with van der Waals surface area (Å²) in [5, 5.41) is 8.84. The first-order valence-corrected chi connectivity index (χ1v) is 5.84. The van der Waals surface area contributed by atoms with Gasteiger partial charge in [-0.1, -0.05) is 0 Å². The van der Waals surface area contributed by atoms with Crippen molar-refractivity contribution in [3.05, 3.63) is 32.6 Å². The van der Waals surface area contributed by atoms with Crippen molar-refractivity contribution in [2.24, 2.45) is 0 Å². The summed E-state index contributed by atoms with van der Waals surface area (Å²) in [5.74, 6) is -0.688. The molecule has 0 amide bonds. The summed E-state index contributed by atoms with van der Waals surface area (Å²) in [6.07, 6.45) is 0.852. The zero-order valence-electron chi connectivity index (χ0n) is 11.0. The molecule has 0 atom stereocenters. The van der Waals surface area contributed by atoms with Crippen molar-refractivity contribution in [2.45, 2.75) is 40.0 Å². The maximum absolute atomic E-state index is 11.9. The number of rotatable bonds is 4. The van der Waals surface area contributed by atoms with Crippen molar-refractivity contribution in [1.82, 2.24) is 9.13 Å². The standard InChI is InChI=1S/C12H15N3O4/c1-4-14-6-9(5-13)11(17)15(12(14)18)7-10(16)19-8(2)3/h6,8H,4,7H2,1-3H3. The highest BCUT2D eigenvalue weighted by Crippen LogP contribution is 1.92. The van der Waals surface area contributed by atoms with E-state index in [9.17, 15) is 14.4 Å². The third kappa shape index (κ3) is 3.31. The summed E-state index contributed by atoms with van der Waals surface area (Å²) in [4.78, 5) is 35.3. The fourth-order valence-corrected chi connectivity index (χ4v) is 1.53. The number of aromatic nitrogens is 2. The van der Waals surface area contributed by atoms with Gasteiger partial charge < -0.3 is 4.74 Å². The topological polar surface area (TPSA) is 94.1 Å². The molecule has 0 aliphatic carbocycles. The minimum Gasteiger partial charge on any atom is -0.462 e. The van der Waals surface area contributed by atoms with E-state index in [-0.39, 0.29) is 11.7 Å². The number of hydrogen-bond donors (Lipinski definition) is 0. The highest BCUT2D eigenvalue weighted by molar-refractivity contribution is 5.69. The first-order chi connectivity index (χ1) is 8.90. The van der Waals surface area contributed by atoms with E-state index in [1.807, 2.05) is 0 Å². The fourth-order valence-electron chi connectivity index (χ4n) is 1.53.